The molecule has 3 rings (SSSR count). The van der Waals surface area contributed by atoms with Crippen molar-refractivity contribution in [1.82, 2.24) is 5.43 Å². The van der Waals surface area contributed by atoms with Gasteiger partial charge in [0.2, 0.25) is 0 Å². The maximum Gasteiger partial charge on any atom is 0.272 e. The topological polar surface area (TPSA) is 41.5 Å². The van der Waals surface area contributed by atoms with Gasteiger partial charge in [-0.3, -0.25) is 4.79 Å². The molecule has 19 heavy (non-hydrogen) atoms. The number of fused-ring (bicyclic) bond motifs is 2. The summed E-state index contributed by atoms with van der Waals surface area (Å²) in [4.78, 5) is 11.9. The van der Waals surface area contributed by atoms with Crippen molar-refractivity contribution in [1.29, 1.82) is 0 Å². The smallest absolute Gasteiger partial charge is 0.267 e. The molecule has 2 aliphatic rings. The van der Waals surface area contributed by atoms with E-state index >= 15 is 0 Å². The van der Waals surface area contributed by atoms with Gasteiger partial charge in [0, 0.05) is 12.1 Å². The molecule has 0 aliphatic heterocycles. The normalized spacial score (nSPS) is 28.2. The van der Waals surface area contributed by atoms with Crippen molar-refractivity contribution in [2.45, 2.75) is 12.8 Å². The summed E-state index contributed by atoms with van der Waals surface area (Å²) in [5.41, 5.74) is 3.00. The molecule has 1 amide bonds. The van der Waals surface area contributed by atoms with Gasteiger partial charge in [-0.25, -0.2) is 5.43 Å². The molecule has 3 unspecified atom stereocenters. The quantitative estimate of drug-likeness (QED) is 0.513. The van der Waals surface area contributed by atoms with E-state index in [9.17, 15) is 4.79 Å². The summed E-state index contributed by atoms with van der Waals surface area (Å²) >= 11 is 5.95. The molecule has 1 aromatic rings. The van der Waals surface area contributed by atoms with Crippen molar-refractivity contribution in [3.05, 3.63) is 47.0 Å². The Kier molecular flexibility index (Phi) is 3.38. The summed E-state index contributed by atoms with van der Waals surface area (Å²) in [7, 11) is 0. The van der Waals surface area contributed by atoms with Crippen LogP contribution in [-0.4, -0.2) is 12.1 Å². The van der Waals surface area contributed by atoms with E-state index in [4.69, 9.17) is 11.6 Å². The average Bonchev–Trinajstić information content (AvgIpc) is 3.01. The van der Waals surface area contributed by atoms with E-state index in [-0.39, 0.29) is 5.91 Å². The number of nitrogens with one attached hydrogen (secondary N) is 1. The van der Waals surface area contributed by atoms with Crippen LogP contribution in [0.2, 0.25) is 5.02 Å². The Morgan fingerprint density at radius 2 is 2.16 bits per heavy atom. The fourth-order valence-corrected chi connectivity index (χ4v) is 3.11. The van der Waals surface area contributed by atoms with Crippen LogP contribution in [0, 0.1) is 17.8 Å². The molecule has 0 spiro atoms. The molecule has 98 valence electrons. The molecule has 1 aromatic carbocycles. The number of halogens is 1. The molecule has 1 saturated carbocycles. The fourth-order valence-electron chi connectivity index (χ4n) is 2.89. The van der Waals surface area contributed by atoms with Gasteiger partial charge in [0.25, 0.3) is 5.91 Å². The van der Waals surface area contributed by atoms with E-state index in [0.717, 1.165) is 6.42 Å². The third kappa shape index (κ3) is 2.56. The zero-order chi connectivity index (χ0) is 13.2. The SMILES string of the molecule is O=C(NN=CC1CC2C=CC1C2)c1ccccc1Cl. The second-order valence-electron chi connectivity index (χ2n) is 5.14. The van der Waals surface area contributed by atoms with Crippen LogP contribution in [0.3, 0.4) is 0 Å². The molecular weight excluding hydrogens is 260 g/mol. The highest BCUT2D eigenvalue weighted by Gasteiger charge is 2.34. The van der Waals surface area contributed by atoms with Gasteiger partial charge in [-0.2, -0.15) is 5.10 Å². The first-order chi connectivity index (χ1) is 9.24. The number of hydrogen-bond donors (Lipinski definition) is 1. The van der Waals surface area contributed by atoms with Gasteiger partial charge in [0.05, 0.1) is 10.6 Å². The van der Waals surface area contributed by atoms with Crippen LogP contribution in [0.5, 0.6) is 0 Å². The lowest BCUT2D eigenvalue weighted by Crippen LogP contribution is -2.19. The van der Waals surface area contributed by atoms with Gasteiger partial charge in [0.1, 0.15) is 0 Å². The lowest BCUT2D eigenvalue weighted by Gasteiger charge is -2.12. The Balaban J connectivity index is 1.59. The van der Waals surface area contributed by atoms with Gasteiger partial charge in [-0.15, -0.1) is 0 Å². The maximum atomic E-state index is 11.9. The Morgan fingerprint density at radius 1 is 1.32 bits per heavy atom. The first kappa shape index (κ1) is 12.4. The molecule has 2 aliphatic carbocycles. The lowest BCUT2D eigenvalue weighted by molar-refractivity contribution is 0.0955. The number of hydrazone groups is 1. The molecular formula is C15H15ClN2O. The predicted octanol–water partition coefficient (Wildman–Crippen LogP) is 3.27. The first-order valence-electron chi connectivity index (χ1n) is 6.50. The highest BCUT2D eigenvalue weighted by Crippen LogP contribution is 2.42. The largest absolute Gasteiger partial charge is 0.272 e. The fraction of sp³-hybridized carbons (Fsp3) is 0.333. The van der Waals surface area contributed by atoms with Crippen molar-refractivity contribution in [3.63, 3.8) is 0 Å². The van der Waals surface area contributed by atoms with Gasteiger partial charge in [-0.1, -0.05) is 35.9 Å². The number of benzene rings is 1. The summed E-state index contributed by atoms with van der Waals surface area (Å²) < 4.78 is 0. The molecule has 3 nitrogen and oxygen atoms in total. The van der Waals surface area contributed by atoms with Gasteiger partial charge < -0.3 is 0 Å². The van der Waals surface area contributed by atoms with Crippen LogP contribution >= 0.6 is 11.6 Å². The summed E-state index contributed by atoms with van der Waals surface area (Å²) in [5, 5.41) is 4.52. The first-order valence-corrected chi connectivity index (χ1v) is 6.88. The Hall–Kier alpha value is -1.61. The van der Waals surface area contributed by atoms with Crippen molar-refractivity contribution in [3.8, 4) is 0 Å². The van der Waals surface area contributed by atoms with E-state index in [1.807, 2.05) is 6.21 Å². The van der Waals surface area contributed by atoms with E-state index in [2.05, 4.69) is 22.7 Å². The zero-order valence-electron chi connectivity index (χ0n) is 10.4. The minimum absolute atomic E-state index is 0.263. The summed E-state index contributed by atoms with van der Waals surface area (Å²) in [5.74, 6) is 1.51. The van der Waals surface area contributed by atoms with Crippen LogP contribution in [0.15, 0.2) is 41.5 Å². The molecule has 0 aromatic heterocycles. The highest BCUT2D eigenvalue weighted by atomic mass is 35.5. The van der Waals surface area contributed by atoms with Crippen molar-refractivity contribution < 1.29 is 4.79 Å². The Labute approximate surface area is 117 Å². The average molecular weight is 275 g/mol. The van der Waals surface area contributed by atoms with Crippen molar-refractivity contribution in [2.24, 2.45) is 22.9 Å². The van der Waals surface area contributed by atoms with Gasteiger partial charge >= 0.3 is 0 Å². The third-order valence-electron chi connectivity index (χ3n) is 3.88. The minimum atomic E-state index is -0.263. The molecule has 2 bridgehead atoms. The molecule has 0 heterocycles. The number of nitrogens with zero attached hydrogens (tertiary/aromatic N) is 1. The maximum absolute atomic E-state index is 11.9. The van der Waals surface area contributed by atoms with E-state index in [0.29, 0.717) is 28.3 Å². The highest BCUT2D eigenvalue weighted by molar-refractivity contribution is 6.33. The van der Waals surface area contributed by atoms with E-state index in [1.54, 1.807) is 24.3 Å². The standard InChI is InChI=1S/C15H15ClN2O/c16-14-4-2-1-3-13(14)15(19)18-17-9-12-8-10-5-6-11(12)7-10/h1-6,9-12H,7-8H2,(H,18,19). The van der Waals surface area contributed by atoms with Crippen molar-refractivity contribution in [2.75, 3.05) is 0 Å². The number of allylic oxidation sites excluding steroid dienone is 2. The molecule has 0 saturated heterocycles. The molecule has 1 N–H and O–H groups in total. The van der Waals surface area contributed by atoms with E-state index in [1.165, 1.54) is 6.42 Å². The Bertz CT molecular complexity index is 553. The van der Waals surface area contributed by atoms with E-state index < -0.39 is 0 Å². The Morgan fingerprint density at radius 3 is 2.84 bits per heavy atom. The summed E-state index contributed by atoms with van der Waals surface area (Å²) in [6.07, 6.45) is 8.79. The van der Waals surface area contributed by atoms with Crippen LogP contribution in [0.25, 0.3) is 0 Å². The zero-order valence-corrected chi connectivity index (χ0v) is 11.2. The van der Waals surface area contributed by atoms with Crippen LogP contribution in [-0.2, 0) is 0 Å². The third-order valence-corrected chi connectivity index (χ3v) is 4.21. The summed E-state index contributed by atoms with van der Waals surface area (Å²) in [6.45, 7) is 0. The monoisotopic (exact) mass is 274 g/mol. The number of rotatable bonds is 3. The number of amides is 1. The van der Waals surface area contributed by atoms with Gasteiger partial charge in [-0.05, 0) is 36.8 Å². The van der Waals surface area contributed by atoms with Crippen molar-refractivity contribution >= 4 is 23.7 Å². The number of carbonyl (C=O) groups excluding carboxylic acids is 1. The molecule has 0 radical (unpaired) electrons. The predicted molar refractivity (Wildman–Crippen MR) is 76.3 cm³/mol. The lowest BCUT2D eigenvalue weighted by atomic mass is 9.95. The molecule has 4 heteroatoms. The van der Waals surface area contributed by atoms with Gasteiger partial charge in [0.15, 0.2) is 0 Å². The second kappa shape index (κ2) is 5.17. The van der Waals surface area contributed by atoms with Crippen LogP contribution < -0.4 is 5.43 Å². The number of carbonyl (C=O) groups is 1. The number of hydrogen-bond acceptors (Lipinski definition) is 2. The van der Waals surface area contributed by atoms with Crippen LogP contribution in [0.1, 0.15) is 23.2 Å². The minimum Gasteiger partial charge on any atom is -0.267 e. The second-order valence-corrected chi connectivity index (χ2v) is 5.55. The molecule has 3 atom stereocenters. The van der Waals surface area contributed by atoms with Crippen LogP contribution in [0.4, 0.5) is 0 Å². The summed E-state index contributed by atoms with van der Waals surface area (Å²) in [6, 6.07) is 6.96. The molecule has 1 fully saturated rings.